The Kier molecular flexibility index (Phi) is 9.53. The number of hydrogen-bond donors (Lipinski definition) is 3. The number of methoxy groups -OCH3 is 1. The van der Waals surface area contributed by atoms with Gasteiger partial charge in [-0.05, 0) is 42.7 Å². The van der Waals surface area contributed by atoms with Crippen molar-refractivity contribution in [2.75, 3.05) is 64.8 Å². The van der Waals surface area contributed by atoms with Crippen molar-refractivity contribution in [1.29, 1.82) is 0 Å². The van der Waals surface area contributed by atoms with Crippen LogP contribution in [0.1, 0.15) is 18.9 Å². The van der Waals surface area contributed by atoms with E-state index in [4.69, 9.17) is 9.47 Å². The van der Waals surface area contributed by atoms with E-state index in [1.54, 1.807) is 13.4 Å². The normalized spacial score (nSPS) is 15.3. The summed E-state index contributed by atoms with van der Waals surface area (Å²) >= 11 is 3.56. The van der Waals surface area contributed by atoms with Gasteiger partial charge in [0.05, 0.1) is 19.2 Å². The third-order valence-corrected chi connectivity index (χ3v) is 6.68. The predicted octanol–water partition coefficient (Wildman–Crippen LogP) is 3.97. The molecule has 4 rings (SSSR count). The van der Waals surface area contributed by atoms with Crippen LogP contribution < -0.4 is 25.4 Å². The fourth-order valence-corrected chi connectivity index (χ4v) is 4.66. The molecule has 1 aliphatic rings. The Labute approximate surface area is 215 Å². The van der Waals surface area contributed by atoms with Crippen LogP contribution in [-0.4, -0.2) is 74.4 Å². The largest absolute Gasteiger partial charge is 0.493 e. The highest BCUT2D eigenvalue weighted by Gasteiger charge is 2.14. The van der Waals surface area contributed by atoms with Crippen molar-refractivity contribution in [3.63, 3.8) is 0 Å². The maximum absolute atomic E-state index is 6.20. The fraction of sp³-hybridized carbons (Fsp3) is 0.462. The maximum Gasteiger partial charge on any atom is 0.162 e. The highest BCUT2D eigenvalue weighted by Crippen LogP contribution is 2.35. The topological polar surface area (TPSA) is 83.6 Å². The molecule has 0 amide bonds. The number of aryl methyl sites for hydroxylation is 1. The van der Waals surface area contributed by atoms with Crippen LogP contribution in [0.25, 0.3) is 10.9 Å². The van der Waals surface area contributed by atoms with E-state index in [-0.39, 0.29) is 0 Å². The number of fused-ring (bicyclic) bond motifs is 1. The first kappa shape index (κ1) is 25.6. The third-order valence-electron chi connectivity index (χ3n) is 6.19. The SMILES string of the molecule is CCc1cc(Br)ccc1Nc1ncnc2cc(OC)c(OCCCN3CCNCCNCC3)cc12. The molecule has 9 heteroatoms. The smallest absolute Gasteiger partial charge is 0.162 e. The van der Waals surface area contributed by atoms with Gasteiger partial charge in [0, 0.05) is 67.4 Å². The third kappa shape index (κ3) is 7.04. The van der Waals surface area contributed by atoms with Crippen LogP contribution in [0.15, 0.2) is 41.1 Å². The first-order chi connectivity index (χ1) is 17.2. The molecule has 35 heavy (non-hydrogen) atoms. The van der Waals surface area contributed by atoms with Gasteiger partial charge in [0.2, 0.25) is 0 Å². The molecule has 1 aromatic heterocycles. The van der Waals surface area contributed by atoms with Gasteiger partial charge < -0.3 is 30.3 Å². The second-order valence-electron chi connectivity index (χ2n) is 8.57. The number of rotatable bonds is 9. The van der Waals surface area contributed by atoms with Gasteiger partial charge in [0.25, 0.3) is 0 Å². The van der Waals surface area contributed by atoms with Crippen LogP contribution in [-0.2, 0) is 6.42 Å². The standard InChI is InChI=1S/C26H35BrN6O2/c1-3-19-15-20(27)5-6-22(19)32-26-21-16-25(24(34-2)17-23(21)30-18-31-26)35-14-4-11-33-12-9-28-7-8-29-10-13-33/h5-6,15-18,28-29H,3-4,7-14H2,1-2H3,(H,30,31,32). The second-order valence-corrected chi connectivity index (χ2v) is 9.48. The molecule has 0 radical (unpaired) electrons. The van der Waals surface area contributed by atoms with Gasteiger partial charge in [-0.25, -0.2) is 9.97 Å². The molecule has 3 N–H and O–H groups in total. The van der Waals surface area contributed by atoms with Crippen molar-refractivity contribution in [3.05, 3.63) is 46.7 Å². The molecule has 0 spiro atoms. The molecule has 1 fully saturated rings. The molecule has 0 unspecified atom stereocenters. The number of aromatic nitrogens is 2. The molecule has 0 saturated carbocycles. The minimum Gasteiger partial charge on any atom is -0.493 e. The van der Waals surface area contributed by atoms with Crippen LogP contribution in [0.4, 0.5) is 11.5 Å². The first-order valence-electron chi connectivity index (χ1n) is 12.3. The molecule has 188 valence electrons. The number of ether oxygens (including phenoxy) is 2. The Morgan fingerprint density at radius 2 is 1.83 bits per heavy atom. The van der Waals surface area contributed by atoms with Gasteiger partial charge in [0.1, 0.15) is 12.1 Å². The Hall–Kier alpha value is -2.46. The summed E-state index contributed by atoms with van der Waals surface area (Å²) in [4.78, 5) is 11.5. The van der Waals surface area contributed by atoms with Crippen LogP contribution in [0.2, 0.25) is 0 Å². The van der Waals surface area contributed by atoms with E-state index in [9.17, 15) is 0 Å². The molecule has 0 aliphatic carbocycles. The fourth-order valence-electron chi connectivity index (χ4n) is 4.25. The minimum atomic E-state index is 0.613. The number of hydrogen-bond acceptors (Lipinski definition) is 8. The summed E-state index contributed by atoms with van der Waals surface area (Å²) < 4.78 is 12.9. The average Bonchev–Trinajstić information content (AvgIpc) is 3.01. The summed E-state index contributed by atoms with van der Waals surface area (Å²) in [6.07, 6.45) is 3.43. The van der Waals surface area contributed by atoms with Crippen molar-refractivity contribution in [2.45, 2.75) is 19.8 Å². The lowest BCUT2D eigenvalue weighted by Gasteiger charge is -2.21. The number of nitrogens with zero attached hydrogens (tertiary/aromatic N) is 3. The van der Waals surface area contributed by atoms with Crippen molar-refractivity contribution in [2.24, 2.45) is 0 Å². The molecule has 2 heterocycles. The van der Waals surface area contributed by atoms with Crippen molar-refractivity contribution >= 4 is 38.3 Å². The molecule has 8 nitrogen and oxygen atoms in total. The summed E-state index contributed by atoms with van der Waals surface area (Å²) in [6.45, 7) is 9.97. The first-order valence-corrected chi connectivity index (χ1v) is 13.1. The van der Waals surface area contributed by atoms with Crippen LogP contribution in [0, 0.1) is 0 Å². The van der Waals surface area contributed by atoms with E-state index in [2.05, 4.69) is 65.8 Å². The number of benzene rings is 2. The van der Waals surface area contributed by atoms with Crippen molar-refractivity contribution in [1.82, 2.24) is 25.5 Å². The van der Waals surface area contributed by atoms with E-state index in [0.29, 0.717) is 18.1 Å². The van der Waals surface area contributed by atoms with Gasteiger partial charge in [-0.1, -0.05) is 22.9 Å². The quantitative estimate of drug-likeness (QED) is 0.350. The van der Waals surface area contributed by atoms with Gasteiger partial charge in [-0.2, -0.15) is 0 Å². The minimum absolute atomic E-state index is 0.613. The Bertz CT molecular complexity index is 1100. The summed E-state index contributed by atoms with van der Waals surface area (Å²) in [5, 5.41) is 11.3. The number of nitrogens with one attached hydrogen (secondary N) is 3. The summed E-state index contributed by atoms with van der Waals surface area (Å²) in [5.74, 6) is 2.13. The van der Waals surface area contributed by atoms with Crippen LogP contribution in [0.3, 0.4) is 0 Å². The van der Waals surface area contributed by atoms with Gasteiger partial charge in [-0.3, -0.25) is 0 Å². The molecular weight excluding hydrogens is 508 g/mol. The van der Waals surface area contributed by atoms with Gasteiger partial charge >= 0.3 is 0 Å². The van der Waals surface area contributed by atoms with Gasteiger partial charge in [-0.15, -0.1) is 0 Å². The van der Waals surface area contributed by atoms with Crippen LogP contribution >= 0.6 is 15.9 Å². The zero-order valence-electron chi connectivity index (χ0n) is 20.6. The zero-order chi connectivity index (χ0) is 24.5. The van der Waals surface area contributed by atoms with E-state index < -0.39 is 0 Å². The van der Waals surface area contributed by atoms with Crippen molar-refractivity contribution < 1.29 is 9.47 Å². The number of anilines is 2. The molecule has 2 aromatic carbocycles. The zero-order valence-corrected chi connectivity index (χ0v) is 22.2. The number of halogens is 1. The van der Waals surface area contributed by atoms with Crippen LogP contribution in [0.5, 0.6) is 11.5 Å². The highest BCUT2D eigenvalue weighted by atomic mass is 79.9. The molecule has 1 aliphatic heterocycles. The molecule has 0 bridgehead atoms. The molecule has 1 saturated heterocycles. The lowest BCUT2D eigenvalue weighted by atomic mass is 10.1. The molecular formula is C26H35BrN6O2. The summed E-state index contributed by atoms with van der Waals surface area (Å²) in [5.41, 5.74) is 3.04. The summed E-state index contributed by atoms with van der Waals surface area (Å²) in [6, 6.07) is 10.1. The van der Waals surface area contributed by atoms with E-state index in [0.717, 1.165) is 85.5 Å². The second kappa shape index (κ2) is 13.0. The Morgan fingerprint density at radius 3 is 2.57 bits per heavy atom. The average molecular weight is 544 g/mol. The molecule has 0 atom stereocenters. The van der Waals surface area contributed by atoms with Crippen molar-refractivity contribution in [3.8, 4) is 11.5 Å². The van der Waals surface area contributed by atoms with E-state index in [1.165, 1.54) is 5.56 Å². The highest BCUT2D eigenvalue weighted by molar-refractivity contribution is 9.10. The molecule has 3 aromatic rings. The Morgan fingerprint density at radius 1 is 1.03 bits per heavy atom. The monoisotopic (exact) mass is 542 g/mol. The lowest BCUT2D eigenvalue weighted by Crippen LogP contribution is -2.35. The maximum atomic E-state index is 6.20. The Balaban J connectivity index is 1.47. The predicted molar refractivity (Wildman–Crippen MR) is 145 cm³/mol. The van der Waals surface area contributed by atoms with E-state index in [1.807, 2.05) is 18.2 Å². The lowest BCUT2D eigenvalue weighted by molar-refractivity contribution is 0.233. The van der Waals surface area contributed by atoms with E-state index >= 15 is 0 Å². The van der Waals surface area contributed by atoms with Gasteiger partial charge in [0.15, 0.2) is 11.5 Å². The summed E-state index contributed by atoms with van der Waals surface area (Å²) in [7, 11) is 1.66.